The van der Waals surface area contributed by atoms with Crippen LogP contribution in [0.2, 0.25) is 0 Å². The molecule has 2 heterocycles. The number of carbonyl (C=O) groups is 2. The van der Waals surface area contributed by atoms with Crippen LogP contribution in [-0.4, -0.2) is 42.1 Å². The highest BCUT2D eigenvalue weighted by atomic mass is 19.4. The first-order valence-corrected chi connectivity index (χ1v) is 12.4. The Balaban J connectivity index is 1.39. The molecular formula is C27H27F5N6O2. The van der Waals surface area contributed by atoms with Gasteiger partial charge in [-0.05, 0) is 54.8 Å². The molecule has 0 atom stereocenters. The van der Waals surface area contributed by atoms with Gasteiger partial charge >= 0.3 is 12.1 Å². The second-order valence-corrected chi connectivity index (χ2v) is 9.41. The average molecular weight is 563 g/mol. The lowest BCUT2D eigenvalue weighted by Gasteiger charge is -2.34. The van der Waals surface area contributed by atoms with Crippen molar-refractivity contribution < 1.29 is 31.5 Å². The van der Waals surface area contributed by atoms with Crippen LogP contribution in [-0.2, 0) is 22.6 Å². The van der Waals surface area contributed by atoms with Gasteiger partial charge in [-0.15, -0.1) is 0 Å². The van der Waals surface area contributed by atoms with E-state index >= 15 is 0 Å². The zero-order valence-corrected chi connectivity index (χ0v) is 21.2. The van der Waals surface area contributed by atoms with Crippen molar-refractivity contribution in [1.82, 2.24) is 10.3 Å². The third kappa shape index (κ3) is 7.80. The van der Waals surface area contributed by atoms with Crippen molar-refractivity contribution in [2.75, 3.05) is 28.6 Å². The number of anilines is 4. The standard InChI is InChI=1S/C27H27F5N6O2/c28-18-9-16(10-19(29)12-18)14-34-23-13-25(35-15-17(23)11-24(33)39)36-20-1-3-22(4-2-20)38-7-5-21(6-8-38)37-26(40)27(30,31)32/h1-4,9-10,12-13,15,21H,5-8,11,14H2,(H2,33,39)(H,37,40)(H2,34,35,36). The highest BCUT2D eigenvalue weighted by Gasteiger charge is 2.40. The number of carbonyl (C=O) groups excluding carboxylic acids is 2. The van der Waals surface area contributed by atoms with Crippen LogP contribution in [0.25, 0.3) is 0 Å². The molecule has 5 N–H and O–H groups in total. The van der Waals surface area contributed by atoms with Crippen LogP contribution < -0.4 is 26.6 Å². The summed E-state index contributed by atoms with van der Waals surface area (Å²) in [5.74, 6) is -3.45. The number of nitrogens with two attached hydrogens (primary N) is 1. The summed E-state index contributed by atoms with van der Waals surface area (Å²) in [6.07, 6.45) is -2.71. The van der Waals surface area contributed by atoms with E-state index in [4.69, 9.17) is 5.73 Å². The second-order valence-electron chi connectivity index (χ2n) is 9.41. The van der Waals surface area contributed by atoms with Gasteiger partial charge in [0.15, 0.2) is 0 Å². The molecule has 0 radical (unpaired) electrons. The number of alkyl halides is 3. The summed E-state index contributed by atoms with van der Waals surface area (Å²) in [4.78, 5) is 29.0. The Morgan fingerprint density at radius 1 is 1.00 bits per heavy atom. The molecule has 1 aliphatic heterocycles. The van der Waals surface area contributed by atoms with Gasteiger partial charge in [-0.3, -0.25) is 9.59 Å². The number of nitrogens with zero attached hydrogens (tertiary/aromatic N) is 2. The highest BCUT2D eigenvalue weighted by Crippen LogP contribution is 2.26. The topological polar surface area (TPSA) is 112 Å². The normalized spacial score (nSPS) is 14.1. The molecule has 8 nitrogen and oxygen atoms in total. The summed E-state index contributed by atoms with van der Waals surface area (Å²) in [5.41, 5.74) is 8.32. The largest absolute Gasteiger partial charge is 0.471 e. The van der Waals surface area contributed by atoms with Gasteiger partial charge in [-0.2, -0.15) is 13.2 Å². The van der Waals surface area contributed by atoms with E-state index in [-0.39, 0.29) is 13.0 Å². The van der Waals surface area contributed by atoms with Crippen LogP contribution >= 0.6 is 0 Å². The maximum Gasteiger partial charge on any atom is 0.471 e. The minimum absolute atomic E-state index is 0.0849. The minimum Gasteiger partial charge on any atom is -0.381 e. The maximum absolute atomic E-state index is 13.6. The molecule has 2 amide bonds. The highest BCUT2D eigenvalue weighted by molar-refractivity contribution is 5.82. The van der Waals surface area contributed by atoms with E-state index < -0.39 is 35.7 Å². The molecule has 0 spiro atoms. The smallest absolute Gasteiger partial charge is 0.381 e. The van der Waals surface area contributed by atoms with Gasteiger partial charge in [0.25, 0.3) is 0 Å². The van der Waals surface area contributed by atoms with Gasteiger partial charge < -0.3 is 26.6 Å². The van der Waals surface area contributed by atoms with E-state index in [1.54, 1.807) is 6.07 Å². The van der Waals surface area contributed by atoms with Gasteiger partial charge in [0, 0.05) is 66.6 Å². The third-order valence-corrected chi connectivity index (χ3v) is 6.35. The average Bonchev–Trinajstić information content (AvgIpc) is 2.88. The van der Waals surface area contributed by atoms with Crippen molar-refractivity contribution in [1.29, 1.82) is 0 Å². The van der Waals surface area contributed by atoms with E-state index in [2.05, 4.69) is 15.6 Å². The molecule has 40 heavy (non-hydrogen) atoms. The van der Waals surface area contributed by atoms with Gasteiger partial charge in [0.2, 0.25) is 5.91 Å². The predicted octanol–water partition coefficient (Wildman–Crippen LogP) is 4.39. The summed E-state index contributed by atoms with van der Waals surface area (Å²) >= 11 is 0. The van der Waals surface area contributed by atoms with Crippen LogP contribution in [0.4, 0.5) is 44.8 Å². The summed E-state index contributed by atoms with van der Waals surface area (Å²) < 4.78 is 64.6. The first-order valence-electron chi connectivity index (χ1n) is 12.4. The fourth-order valence-electron chi connectivity index (χ4n) is 4.41. The number of piperidine rings is 1. The first kappa shape index (κ1) is 28.6. The van der Waals surface area contributed by atoms with E-state index in [1.807, 2.05) is 34.5 Å². The summed E-state index contributed by atoms with van der Waals surface area (Å²) in [6.45, 7) is 1.07. The van der Waals surface area contributed by atoms with Gasteiger partial charge in [-0.25, -0.2) is 13.8 Å². The molecule has 1 aromatic heterocycles. The number of hydrogen-bond donors (Lipinski definition) is 4. The van der Waals surface area contributed by atoms with Crippen molar-refractivity contribution in [2.24, 2.45) is 5.73 Å². The SMILES string of the molecule is NC(=O)Cc1cnc(Nc2ccc(N3CCC(NC(=O)C(F)(F)F)CC3)cc2)cc1NCc1cc(F)cc(F)c1. The van der Waals surface area contributed by atoms with Crippen LogP contribution in [0, 0.1) is 11.6 Å². The Labute approximate surface area is 226 Å². The van der Waals surface area contributed by atoms with E-state index in [1.165, 1.54) is 18.3 Å². The number of benzene rings is 2. The lowest BCUT2D eigenvalue weighted by molar-refractivity contribution is -0.174. The van der Waals surface area contributed by atoms with Crippen LogP contribution in [0.1, 0.15) is 24.0 Å². The number of aromatic nitrogens is 1. The van der Waals surface area contributed by atoms with Crippen LogP contribution in [0.3, 0.4) is 0 Å². The Kier molecular flexibility index (Phi) is 8.70. The molecule has 0 aliphatic carbocycles. The number of rotatable bonds is 9. The molecule has 212 valence electrons. The number of amides is 2. The zero-order valence-electron chi connectivity index (χ0n) is 21.2. The number of nitrogens with one attached hydrogen (secondary N) is 3. The molecule has 13 heteroatoms. The lowest BCUT2D eigenvalue weighted by Crippen LogP contribution is -2.48. The summed E-state index contributed by atoms with van der Waals surface area (Å²) in [6, 6.07) is 11.6. The molecule has 0 saturated carbocycles. The van der Waals surface area contributed by atoms with Crippen LogP contribution in [0.15, 0.2) is 54.7 Å². The van der Waals surface area contributed by atoms with E-state index in [9.17, 15) is 31.5 Å². The van der Waals surface area contributed by atoms with Crippen LogP contribution in [0.5, 0.6) is 0 Å². The van der Waals surface area contributed by atoms with Crippen molar-refractivity contribution in [2.45, 2.75) is 38.0 Å². The molecule has 4 rings (SSSR count). The van der Waals surface area contributed by atoms with Crippen molar-refractivity contribution in [3.05, 3.63) is 77.5 Å². The monoisotopic (exact) mass is 562 g/mol. The van der Waals surface area contributed by atoms with Gasteiger partial charge in [0.05, 0.1) is 6.42 Å². The zero-order chi connectivity index (χ0) is 28.9. The molecule has 1 fully saturated rings. The van der Waals surface area contributed by atoms with Crippen molar-refractivity contribution in [3.63, 3.8) is 0 Å². The molecule has 1 aliphatic rings. The fraction of sp³-hybridized carbons (Fsp3) is 0.296. The number of pyridine rings is 1. The molecular weight excluding hydrogens is 535 g/mol. The maximum atomic E-state index is 13.6. The number of primary amides is 1. The molecule has 1 saturated heterocycles. The first-order chi connectivity index (χ1) is 19.0. The molecule has 3 aromatic rings. The lowest BCUT2D eigenvalue weighted by atomic mass is 10.0. The fourth-order valence-corrected chi connectivity index (χ4v) is 4.41. The van der Waals surface area contributed by atoms with Gasteiger partial charge in [-0.1, -0.05) is 0 Å². The quantitative estimate of drug-likeness (QED) is 0.288. The minimum atomic E-state index is -4.89. The third-order valence-electron chi connectivity index (χ3n) is 6.35. The second kappa shape index (κ2) is 12.2. The Bertz CT molecular complexity index is 1340. The number of hydrogen-bond acceptors (Lipinski definition) is 6. The summed E-state index contributed by atoms with van der Waals surface area (Å²) in [7, 11) is 0. The molecule has 0 bridgehead atoms. The van der Waals surface area contributed by atoms with E-state index in [0.717, 1.165) is 11.8 Å². The number of halogens is 5. The van der Waals surface area contributed by atoms with Gasteiger partial charge in [0.1, 0.15) is 17.5 Å². The predicted molar refractivity (Wildman–Crippen MR) is 140 cm³/mol. The Morgan fingerprint density at radius 2 is 1.65 bits per heavy atom. The summed E-state index contributed by atoms with van der Waals surface area (Å²) in [5, 5.41) is 8.27. The molecule has 2 aromatic carbocycles. The Hall–Kier alpha value is -4.42. The Morgan fingerprint density at radius 3 is 2.25 bits per heavy atom. The molecule has 0 unspecified atom stereocenters. The van der Waals surface area contributed by atoms with Crippen molar-refractivity contribution in [3.8, 4) is 0 Å². The van der Waals surface area contributed by atoms with Crippen molar-refractivity contribution >= 4 is 34.7 Å². The van der Waals surface area contributed by atoms with E-state index in [0.29, 0.717) is 54.3 Å².